The van der Waals surface area contributed by atoms with Crippen LogP contribution in [0.15, 0.2) is 48.0 Å². The Bertz CT molecular complexity index is 808. The fraction of sp³-hybridized carbons (Fsp3) is 0.111. The van der Waals surface area contributed by atoms with Gasteiger partial charge in [-0.2, -0.15) is 9.78 Å². The fourth-order valence-corrected chi connectivity index (χ4v) is 3.02. The minimum Gasteiger partial charge on any atom is -0.266 e. The molecule has 0 bridgehead atoms. The van der Waals surface area contributed by atoms with Crippen molar-refractivity contribution in [2.45, 2.75) is 13.8 Å². The highest BCUT2D eigenvalue weighted by Gasteiger charge is 2.12. The maximum atomic E-state index is 12.4. The Morgan fingerprint density at radius 2 is 1.86 bits per heavy atom. The lowest BCUT2D eigenvalue weighted by Gasteiger charge is -2.05. The van der Waals surface area contributed by atoms with Gasteiger partial charge in [0.05, 0.1) is 16.8 Å². The van der Waals surface area contributed by atoms with E-state index in [2.05, 4.69) is 31.1 Å². The summed E-state index contributed by atoms with van der Waals surface area (Å²) in [6, 6.07) is 11.7. The Morgan fingerprint density at radius 3 is 2.55 bits per heavy atom. The van der Waals surface area contributed by atoms with Crippen molar-refractivity contribution in [2.24, 2.45) is 0 Å². The Hall–Kier alpha value is -2.46. The molecule has 0 saturated heterocycles. The molecule has 3 rings (SSSR count). The smallest absolute Gasteiger partial charge is 0.266 e. The number of carbonyl (C=O) groups excluding carboxylic acids is 1. The summed E-state index contributed by atoms with van der Waals surface area (Å²) in [5, 5.41) is 6.04. The first-order valence-electron chi connectivity index (χ1n) is 7.03. The van der Waals surface area contributed by atoms with Crippen molar-refractivity contribution in [1.29, 1.82) is 0 Å². The third kappa shape index (κ3) is 2.78. The van der Waals surface area contributed by atoms with Gasteiger partial charge in [-0.15, -0.1) is 11.3 Å². The van der Waals surface area contributed by atoms with E-state index < -0.39 is 0 Å². The lowest BCUT2D eigenvalue weighted by Crippen LogP contribution is -2.13. The first-order valence-corrected chi connectivity index (χ1v) is 7.91. The zero-order valence-corrected chi connectivity index (χ0v) is 13.3. The van der Waals surface area contributed by atoms with Crippen LogP contribution in [0.3, 0.4) is 0 Å². The standard InChI is InChI=1S/C18H16N2OS/c1-13-5-3-6-14(2)16(13)9-8-15-10-11-19-20(15)18(21)17-7-4-12-22-17/h3-12H,1-2H3/b9-8+. The van der Waals surface area contributed by atoms with E-state index in [0.717, 1.165) is 5.69 Å². The maximum absolute atomic E-state index is 12.4. The first-order chi connectivity index (χ1) is 10.7. The molecular formula is C18H16N2OS. The van der Waals surface area contributed by atoms with Crippen LogP contribution in [-0.2, 0) is 0 Å². The highest BCUT2D eigenvalue weighted by Crippen LogP contribution is 2.18. The van der Waals surface area contributed by atoms with Gasteiger partial charge in [-0.05, 0) is 54.1 Å². The minimum atomic E-state index is -0.0962. The summed E-state index contributed by atoms with van der Waals surface area (Å²) in [4.78, 5) is 13.1. The van der Waals surface area contributed by atoms with Gasteiger partial charge in [0.15, 0.2) is 0 Å². The molecular weight excluding hydrogens is 292 g/mol. The summed E-state index contributed by atoms with van der Waals surface area (Å²) >= 11 is 1.42. The second kappa shape index (κ2) is 6.12. The number of nitrogens with zero attached hydrogens (tertiary/aromatic N) is 2. The van der Waals surface area contributed by atoms with E-state index in [0.29, 0.717) is 4.88 Å². The van der Waals surface area contributed by atoms with E-state index in [1.807, 2.05) is 41.8 Å². The molecule has 4 heteroatoms. The van der Waals surface area contributed by atoms with E-state index in [1.54, 1.807) is 6.20 Å². The first kappa shape index (κ1) is 14.5. The molecule has 0 aliphatic carbocycles. The van der Waals surface area contributed by atoms with Crippen molar-refractivity contribution in [1.82, 2.24) is 9.78 Å². The molecule has 22 heavy (non-hydrogen) atoms. The highest BCUT2D eigenvalue weighted by molar-refractivity contribution is 7.12. The molecule has 0 aliphatic heterocycles. The van der Waals surface area contributed by atoms with Gasteiger partial charge in [0.1, 0.15) is 0 Å². The van der Waals surface area contributed by atoms with Gasteiger partial charge in [0.2, 0.25) is 0 Å². The summed E-state index contributed by atoms with van der Waals surface area (Å²) < 4.78 is 1.44. The molecule has 110 valence electrons. The fourth-order valence-electron chi connectivity index (χ4n) is 2.37. The quantitative estimate of drug-likeness (QED) is 0.718. The number of hydrogen-bond acceptors (Lipinski definition) is 3. The van der Waals surface area contributed by atoms with Crippen molar-refractivity contribution in [2.75, 3.05) is 0 Å². The van der Waals surface area contributed by atoms with Crippen LogP contribution in [0.25, 0.3) is 12.2 Å². The van der Waals surface area contributed by atoms with Crippen LogP contribution in [0.5, 0.6) is 0 Å². The zero-order chi connectivity index (χ0) is 15.5. The van der Waals surface area contributed by atoms with Gasteiger partial charge in [-0.3, -0.25) is 4.79 Å². The van der Waals surface area contributed by atoms with E-state index in [1.165, 1.54) is 32.7 Å². The van der Waals surface area contributed by atoms with E-state index >= 15 is 0 Å². The van der Waals surface area contributed by atoms with Crippen molar-refractivity contribution in [3.8, 4) is 0 Å². The second-order valence-electron chi connectivity index (χ2n) is 5.09. The van der Waals surface area contributed by atoms with Gasteiger partial charge in [0, 0.05) is 0 Å². The average molecular weight is 308 g/mol. The average Bonchev–Trinajstić information content (AvgIpc) is 3.18. The molecule has 3 nitrogen and oxygen atoms in total. The Labute approximate surface area is 133 Å². The van der Waals surface area contributed by atoms with Crippen molar-refractivity contribution in [3.05, 3.63) is 75.2 Å². The van der Waals surface area contributed by atoms with Gasteiger partial charge in [-0.1, -0.05) is 30.3 Å². The Balaban J connectivity index is 1.93. The van der Waals surface area contributed by atoms with E-state index in [4.69, 9.17) is 0 Å². The van der Waals surface area contributed by atoms with Crippen LogP contribution in [-0.4, -0.2) is 15.7 Å². The number of aryl methyl sites for hydroxylation is 2. The molecule has 0 N–H and O–H groups in total. The number of aromatic nitrogens is 2. The predicted octanol–water partition coefficient (Wildman–Crippen LogP) is 4.42. The normalized spacial score (nSPS) is 11.2. The number of hydrogen-bond donors (Lipinski definition) is 0. The van der Waals surface area contributed by atoms with Crippen molar-refractivity contribution < 1.29 is 4.79 Å². The number of thiophene rings is 1. The molecule has 3 aromatic rings. The molecule has 1 aromatic carbocycles. The maximum Gasteiger partial charge on any atom is 0.288 e. The van der Waals surface area contributed by atoms with Gasteiger partial charge >= 0.3 is 0 Å². The van der Waals surface area contributed by atoms with Gasteiger partial charge in [0.25, 0.3) is 5.91 Å². The largest absolute Gasteiger partial charge is 0.288 e. The monoisotopic (exact) mass is 308 g/mol. The molecule has 0 amide bonds. The van der Waals surface area contributed by atoms with Gasteiger partial charge in [-0.25, -0.2) is 0 Å². The van der Waals surface area contributed by atoms with Crippen LogP contribution >= 0.6 is 11.3 Å². The van der Waals surface area contributed by atoms with Crippen LogP contribution in [0.2, 0.25) is 0 Å². The number of rotatable bonds is 3. The Kier molecular flexibility index (Phi) is 4.02. The SMILES string of the molecule is Cc1cccc(C)c1/C=C/c1ccnn1C(=O)c1cccs1. The zero-order valence-electron chi connectivity index (χ0n) is 12.5. The lowest BCUT2D eigenvalue weighted by atomic mass is 10.0. The van der Waals surface area contributed by atoms with Crippen LogP contribution < -0.4 is 0 Å². The Morgan fingerprint density at radius 1 is 1.09 bits per heavy atom. The molecule has 0 saturated carbocycles. The third-order valence-electron chi connectivity index (χ3n) is 3.56. The van der Waals surface area contributed by atoms with Crippen LogP contribution in [0.1, 0.15) is 32.1 Å². The minimum absolute atomic E-state index is 0.0962. The summed E-state index contributed by atoms with van der Waals surface area (Å²) in [5.41, 5.74) is 4.39. The van der Waals surface area contributed by atoms with E-state index in [9.17, 15) is 4.79 Å². The summed E-state index contributed by atoms with van der Waals surface area (Å²) in [7, 11) is 0. The van der Waals surface area contributed by atoms with Crippen molar-refractivity contribution in [3.63, 3.8) is 0 Å². The summed E-state index contributed by atoms with van der Waals surface area (Å²) in [5.74, 6) is -0.0962. The van der Waals surface area contributed by atoms with Gasteiger partial charge < -0.3 is 0 Å². The highest BCUT2D eigenvalue weighted by atomic mass is 32.1. The predicted molar refractivity (Wildman–Crippen MR) is 91.1 cm³/mol. The molecule has 2 aromatic heterocycles. The van der Waals surface area contributed by atoms with Crippen molar-refractivity contribution >= 4 is 29.4 Å². The molecule has 0 fully saturated rings. The summed E-state index contributed by atoms with van der Waals surface area (Å²) in [6.07, 6.45) is 5.63. The number of carbonyl (C=O) groups is 1. The van der Waals surface area contributed by atoms with Crippen LogP contribution in [0.4, 0.5) is 0 Å². The lowest BCUT2D eigenvalue weighted by molar-refractivity contribution is 0.0948. The van der Waals surface area contributed by atoms with E-state index in [-0.39, 0.29) is 5.91 Å². The topological polar surface area (TPSA) is 34.9 Å². The molecule has 0 unspecified atom stereocenters. The summed E-state index contributed by atoms with van der Waals surface area (Å²) in [6.45, 7) is 4.17. The third-order valence-corrected chi connectivity index (χ3v) is 4.42. The number of benzene rings is 1. The second-order valence-corrected chi connectivity index (χ2v) is 6.04. The molecule has 0 spiro atoms. The molecule has 0 aliphatic rings. The molecule has 2 heterocycles. The molecule has 0 atom stereocenters. The van der Waals surface area contributed by atoms with Crippen LogP contribution in [0, 0.1) is 13.8 Å². The molecule has 0 radical (unpaired) electrons.